The van der Waals surface area contributed by atoms with Crippen LogP contribution in [0.1, 0.15) is 108 Å². The molecular formula is C34H48N2O3S. The highest BCUT2D eigenvalue weighted by Gasteiger charge is 2.41. The molecule has 3 rings (SSSR count). The lowest BCUT2D eigenvalue weighted by Gasteiger charge is -2.43. The van der Waals surface area contributed by atoms with E-state index in [1.165, 1.54) is 53.0 Å². The van der Waals surface area contributed by atoms with Crippen molar-refractivity contribution < 1.29 is 14.3 Å². The van der Waals surface area contributed by atoms with Gasteiger partial charge in [0.1, 0.15) is 11.5 Å². The van der Waals surface area contributed by atoms with E-state index in [-0.39, 0.29) is 11.3 Å². The summed E-state index contributed by atoms with van der Waals surface area (Å²) in [4.78, 5) is 14.9. The van der Waals surface area contributed by atoms with Crippen LogP contribution >= 0.6 is 11.8 Å². The molecule has 0 N–H and O–H groups in total. The monoisotopic (exact) mass is 564 g/mol. The van der Waals surface area contributed by atoms with Gasteiger partial charge in [0.05, 0.1) is 14.2 Å². The van der Waals surface area contributed by atoms with Crippen molar-refractivity contribution in [2.45, 2.75) is 107 Å². The number of rotatable bonds is 17. The molecule has 1 aliphatic rings. The number of ether oxygens (including phenoxy) is 2. The molecule has 6 heteroatoms. The Labute approximate surface area is 246 Å². The fraction of sp³-hybridized carbons (Fsp3) is 0.588. The summed E-state index contributed by atoms with van der Waals surface area (Å²) >= 11 is 1.94. The second-order valence-corrected chi connectivity index (χ2v) is 12.3. The van der Waals surface area contributed by atoms with Gasteiger partial charge in [0.25, 0.3) is 0 Å². The van der Waals surface area contributed by atoms with Gasteiger partial charge in [0, 0.05) is 29.0 Å². The Hall–Kier alpha value is -2.65. The van der Waals surface area contributed by atoms with Gasteiger partial charge >= 0.3 is 0 Å². The van der Waals surface area contributed by atoms with Gasteiger partial charge in [-0.15, -0.1) is 11.8 Å². The van der Waals surface area contributed by atoms with E-state index < -0.39 is 0 Å². The third kappa shape index (κ3) is 8.67. The molecule has 0 fully saturated rings. The lowest BCUT2D eigenvalue weighted by atomic mass is 9.68. The topological polar surface area (TPSA) is 62.6 Å². The van der Waals surface area contributed by atoms with Gasteiger partial charge in [-0.3, -0.25) is 4.79 Å². The molecule has 0 spiro atoms. The van der Waals surface area contributed by atoms with Crippen molar-refractivity contribution >= 4 is 17.7 Å². The number of amides is 1. The Bertz CT molecular complexity index is 1100. The van der Waals surface area contributed by atoms with Crippen molar-refractivity contribution in [1.82, 2.24) is 4.90 Å². The van der Waals surface area contributed by atoms with Gasteiger partial charge in [0.2, 0.25) is 5.91 Å². The van der Waals surface area contributed by atoms with Crippen molar-refractivity contribution in [3.8, 4) is 17.7 Å². The van der Waals surface area contributed by atoms with Crippen LogP contribution in [-0.2, 0) is 10.2 Å². The van der Waals surface area contributed by atoms with E-state index in [2.05, 4.69) is 62.5 Å². The van der Waals surface area contributed by atoms with E-state index >= 15 is 0 Å². The fourth-order valence-electron chi connectivity index (χ4n) is 5.85. The van der Waals surface area contributed by atoms with E-state index in [0.717, 1.165) is 55.8 Å². The van der Waals surface area contributed by atoms with Gasteiger partial charge in [-0.1, -0.05) is 83.4 Å². The predicted octanol–water partition coefficient (Wildman–Crippen LogP) is 8.86. The van der Waals surface area contributed by atoms with Crippen LogP contribution in [0.2, 0.25) is 0 Å². The molecule has 0 saturated carbocycles. The first kappa shape index (κ1) is 31.9. The van der Waals surface area contributed by atoms with E-state index in [4.69, 9.17) is 9.47 Å². The van der Waals surface area contributed by atoms with Crippen LogP contribution in [0.15, 0.2) is 47.4 Å². The molecule has 5 nitrogen and oxygen atoms in total. The molecule has 0 radical (unpaired) electrons. The number of unbranched alkanes of at least 4 members (excludes halogenated alkanes) is 8. The highest BCUT2D eigenvalue weighted by atomic mass is 32.2. The summed E-state index contributed by atoms with van der Waals surface area (Å²) in [6.07, 6.45) is 14.8. The molecule has 0 aromatic heterocycles. The number of carbonyl (C=O) groups is 1. The Morgan fingerprint density at radius 3 is 2.25 bits per heavy atom. The van der Waals surface area contributed by atoms with Gasteiger partial charge in [-0.25, -0.2) is 4.90 Å². The van der Waals surface area contributed by atoms with Gasteiger partial charge in [0.15, 0.2) is 6.19 Å². The summed E-state index contributed by atoms with van der Waals surface area (Å²) in [5.41, 5.74) is 2.88. The Balaban J connectivity index is 1.48. The summed E-state index contributed by atoms with van der Waals surface area (Å²) in [6, 6.07) is 15.3. The Morgan fingerprint density at radius 2 is 1.60 bits per heavy atom. The zero-order chi connectivity index (χ0) is 28.8. The van der Waals surface area contributed by atoms with Crippen molar-refractivity contribution in [1.29, 1.82) is 5.26 Å². The number of methoxy groups -OCH3 is 2. The Morgan fingerprint density at radius 1 is 0.950 bits per heavy atom. The minimum Gasteiger partial charge on any atom is -0.497 e. The number of thioether (sulfide) groups is 1. The average molecular weight is 565 g/mol. The SMILES string of the molecule is CCCCCC(=O)N(C#N)CCCCCCCCCC1c2ccc(OC)cc2SCC1(C)c1ccc(OC)cc1. The molecule has 2 aromatic rings. The van der Waals surface area contributed by atoms with Crippen molar-refractivity contribution in [2.24, 2.45) is 0 Å². The number of fused-ring (bicyclic) bond motifs is 1. The standard InChI is InChI=1S/C34H48N2O3S/c1-5-6-12-16-33(37)36(26-35)23-14-11-9-7-8-10-13-15-31-30-22-21-29(39-4)24-32(30)40-25-34(31,2)27-17-19-28(38-3)20-18-27/h17-22,24,31H,5-16,23,25H2,1-4H3. The lowest BCUT2D eigenvalue weighted by Crippen LogP contribution is -2.36. The summed E-state index contributed by atoms with van der Waals surface area (Å²) < 4.78 is 10.9. The van der Waals surface area contributed by atoms with Crippen molar-refractivity contribution in [3.05, 3.63) is 53.6 Å². The first-order valence-corrected chi connectivity index (χ1v) is 16.1. The zero-order valence-electron chi connectivity index (χ0n) is 25.0. The largest absolute Gasteiger partial charge is 0.497 e. The summed E-state index contributed by atoms with van der Waals surface area (Å²) in [7, 11) is 3.46. The third-order valence-electron chi connectivity index (χ3n) is 8.43. The smallest absolute Gasteiger partial charge is 0.235 e. The van der Waals surface area contributed by atoms with Crippen LogP contribution in [0, 0.1) is 11.5 Å². The molecule has 0 aliphatic carbocycles. The van der Waals surface area contributed by atoms with Crippen LogP contribution in [0.4, 0.5) is 0 Å². The number of carbonyl (C=O) groups excluding carboxylic acids is 1. The Kier molecular flexibility index (Phi) is 13.2. The average Bonchev–Trinajstić information content (AvgIpc) is 2.98. The van der Waals surface area contributed by atoms with Crippen LogP contribution in [0.3, 0.4) is 0 Å². The molecule has 1 aliphatic heterocycles. The summed E-state index contributed by atoms with van der Waals surface area (Å²) in [5.74, 6) is 3.31. The highest BCUT2D eigenvalue weighted by molar-refractivity contribution is 7.99. The minimum absolute atomic E-state index is 0.0151. The molecule has 2 atom stereocenters. The number of nitrogens with zero attached hydrogens (tertiary/aromatic N) is 2. The lowest BCUT2D eigenvalue weighted by molar-refractivity contribution is -0.128. The molecule has 2 unspecified atom stereocenters. The quantitative estimate of drug-likeness (QED) is 0.109. The molecule has 218 valence electrons. The van der Waals surface area contributed by atoms with Crippen molar-refractivity contribution in [2.75, 3.05) is 26.5 Å². The molecule has 0 bridgehead atoms. The van der Waals surface area contributed by atoms with Crippen molar-refractivity contribution in [3.63, 3.8) is 0 Å². The maximum absolute atomic E-state index is 12.2. The normalized spacial score (nSPS) is 18.0. The first-order chi connectivity index (χ1) is 19.5. The van der Waals surface area contributed by atoms with Gasteiger partial charge in [-0.2, -0.15) is 5.26 Å². The second-order valence-electron chi connectivity index (χ2n) is 11.3. The van der Waals surface area contributed by atoms with Crippen LogP contribution in [0.5, 0.6) is 11.5 Å². The molecule has 2 aromatic carbocycles. The van der Waals surface area contributed by atoms with Gasteiger partial charge < -0.3 is 9.47 Å². The number of hydrogen-bond donors (Lipinski definition) is 0. The van der Waals surface area contributed by atoms with Crippen LogP contribution in [0.25, 0.3) is 0 Å². The van der Waals surface area contributed by atoms with Crippen LogP contribution < -0.4 is 9.47 Å². The van der Waals surface area contributed by atoms with E-state index in [9.17, 15) is 10.1 Å². The predicted molar refractivity (Wildman–Crippen MR) is 165 cm³/mol. The molecule has 1 heterocycles. The molecule has 0 saturated heterocycles. The molecule has 1 amide bonds. The van der Waals surface area contributed by atoms with E-state index in [1.807, 2.05) is 11.8 Å². The van der Waals surface area contributed by atoms with Crippen LogP contribution in [-0.4, -0.2) is 37.3 Å². The summed E-state index contributed by atoms with van der Waals surface area (Å²) in [6.45, 7) is 5.12. The number of hydrogen-bond acceptors (Lipinski definition) is 5. The maximum Gasteiger partial charge on any atom is 0.235 e. The zero-order valence-corrected chi connectivity index (χ0v) is 25.9. The number of nitriles is 1. The second kappa shape index (κ2) is 16.6. The fourth-order valence-corrected chi connectivity index (χ4v) is 7.25. The first-order valence-electron chi connectivity index (χ1n) is 15.1. The third-order valence-corrected chi connectivity index (χ3v) is 9.84. The minimum atomic E-state index is -0.0151. The molecular weight excluding hydrogens is 516 g/mol. The van der Waals surface area contributed by atoms with E-state index in [1.54, 1.807) is 14.2 Å². The summed E-state index contributed by atoms with van der Waals surface area (Å²) in [5, 5.41) is 9.32. The highest BCUT2D eigenvalue weighted by Crippen LogP contribution is 2.52. The molecule has 40 heavy (non-hydrogen) atoms. The van der Waals surface area contributed by atoms with Gasteiger partial charge in [-0.05, 0) is 60.6 Å². The maximum atomic E-state index is 12.2. The number of benzene rings is 2. The van der Waals surface area contributed by atoms with E-state index in [0.29, 0.717) is 18.9 Å².